The summed E-state index contributed by atoms with van der Waals surface area (Å²) in [5.74, 6) is 0. The second-order valence-electron chi connectivity index (χ2n) is 2.12. The first kappa shape index (κ1) is 7.00. The zero-order valence-corrected chi connectivity index (χ0v) is 7.06. The van der Waals surface area contributed by atoms with Crippen LogP contribution in [0, 0.1) is 0 Å². The van der Waals surface area contributed by atoms with E-state index in [1.54, 1.807) is 12.1 Å². The van der Waals surface area contributed by atoms with Crippen LogP contribution in [0.1, 0.15) is 0 Å². The van der Waals surface area contributed by atoms with Crippen molar-refractivity contribution in [3.63, 3.8) is 0 Å². The van der Waals surface area contributed by atoms with Crippen LogP contribution in [-0.2, 0) is 0 Å². The molecule has 0 fully saturated rings. The van der Waals surface area contributed by atoms with E-state index in [9.17, 15) is 0 Å². The molecule has 56 valence electrons. The molecule has 0 aliphatic carbocycles. The Morgan fingerprint density at radius 1 is 1.45 bits per heavy atom. The highest BCUT2D eigenvalue weighted by atomic mass is 35.5. The quantitative estimate of drug-likeness (QED) is 0.639. The summed E-state index contributed by atoms with van der Waals surface area (Å²) in [7, 11) is 0. The molecule has 0 unspecified atom stereocenters. The van der Waals surface area contributed by atoms with Crippen LogP contribution in [0.3, 0.4) is 0 Å². The van der Waals surface area contributed by atoms with Crippen molar-refractivity contribution in [2.75, 3.05) is 0 Å². The fourth-order valence-corrected chi connectivity index (χ4v) is 1.26. The molecule has 4 heteroatoms. The van der Waals surface area contributed by atoms with E-state index in [4.69, 9.17) is 16.0 Å². The van der Waals surface area contributed by atoms with Crippen LogP contribution in [0.4, 0.5) is 0 Å². The fourth-order valence-electron chi connectivity index (χ4n) is 0.888. The van der Waals surface area contributed by atoms with Gasteiger partial charge in [-0.05, 0) is 29.8 Å². The number of rotatable bonds is 0. The van der Waals surface area contributed by atoms with Gasteiger partial charge in [0.05, 0.1) is 0 Å². The first-order valence-corrected chi connectivity index (χ1v) is 3.83. The van der Waals surface area contributed by atoms with E-state index >= 15 is 0 Å². The topological polar surface area (TPSA) is 26.0 Å². The molecular formula is C7H4ClNOS. The van der Waals surface area contributed by atoms with Crippen molar-refractivity contribution in [3.8, 4) is 0 Å². The van der Waals surface area contributed by atoms with Crippen LogP contribution >= 0.6 is 24.2 Å². The lowest BCUT2D eigenvalue weighted by molar-refractivity contribution is 0.604. The number of oxazole rings is 1. The molecule has 0 N–H and O–H groups in total. The first-order valence-electron chi connectivity index (χ1n) is 3.01. The fraction of sp³-hybridized carbons (Fsp3) is 0. The maximum atomic E-state index is 5.53. The van der Waals surface area contributed by atoms with Gasteiger partial charge < -0.3 is 4.42 Å². The van der Waals surface area contributed by atoms with Gasteiger partial charge >= 0.3 is 0 Å². The largest absolute Gasteiger partial charge is 0.428 e. The third kappa shape index (κ3) is 1.21. The Balaban J connectivity index is 2.82. The number of nitrogens with zero attached hydrogens (tertiary/aromatic N) is 1. The number of fused-ring (bicyclic) bond motifs is 1. The van der Waals surface area contributed by atoms with Crippen molar-refractivity contribution in [1.29, 1.82) is 0 Å². The summed E-state index contributed by atoms with van der Waals surface area (Å²) in [5.41, 5.74) is 1.43. The molecule has 0 amide bonds. The molecule has 0 bridgehead atoms. The molecule has 0 saturated carbocycles. The van der Waals surface area contributed by atoms with E-state index in [0.717, 1.165) is 10.4 Å². The number of halogens is 1. The summed E-state index contributed by atoms with van der Waals surface area (Å²) < 4.78 is 5.04. The Morgan fingerprint density at radius 2 is 2.27 bits per heavy atom. The minimum atomic E-state index is 0.166. The molecular weight excluding hydrogens is 182 g/mol. The maximum absolute atomic E-state index is 5.53. The van der Waals surface area contributed by atoms with Crippen LogP contribution in [-0.4, -0.2) is 4.98 Å². The summed E-state index contributed by atoms with van der Waals surface area (Å²) in [6, 6.07) is 5.41. The standard InChI is InChI=1S/C7H4ClNOS/c8-7-9-5-3-4(11)1-2-6(5)10-7/h1-3,11H. The molecule has 2 aromatic rings. The van der Waals surface area contributed by atoms with Gasteiger partial charge in [0.2, 0.25) is 0 Å². The van der Waals surface area contributed by atoms with Gasteiger partial charge in [-0.3, -0.25) is 0 Å². The number of thiol groups is 1. The minimum Gasteiger partial charge on any atom is -0.428 e. The summed E-state index contributed by atoms with van der Waals surface area (Å²) >= 11 is 9.68. The van der Waals surface area contributed by atoms with Gasteiger partial charge in [0, 0.05) is 4.90 Å². The Bertz CT molecular complexity index is 398. The van der Waals surface area contributed by atoms with E-state index in [-0.39, 0.29) is 5.35 Å². The average Bonchev–Trinajstić information content (AvgIpc) is 2.27. The van der Waals surface area contributed by atoms with Crippen molar-refractivity contribution in [2.24, 2.45) is 0 Å². The van der Waals surface area contributed by atoms with Gasteiger partial charge in [0.1, 0.15) is 5.52 Å². The van der Waals surface area contributed by atoms with Gasteiger partial charge in [0.25, 0.3) is 5.35 Å². The Hall–Kier alpha value is -0.670. The second-order valence-corrected chi connectivity index (χ2v) is 2.96. The highest BCUT2D eigenvalue weighted by Crippen LogP contribution is 2.20. The monoisotopic (exact) mass is 185 g/mol. The third-order valence-electron chi connectivity index (χ3n) is 1.35. The third-order valence-corrected chi connectivity index (χ3v) is 1.78. The van der Waals surface area contributed by atoms with Crippen LogP contribution in [0.15, 0.2) is 27.5 Å². The molecule has 2 rings (SSSR count). The predicted molar refractivity (Wildman–Crippen MR) is 46.3 cm³/mol. The molecule has 0 aliphatic rings. The number of benzene rings is 1. The van der Waals surface area contributed by atoms with Gasteiger partial charge in [-0.25, -0.2) is 0 Å². The first-order chi connectivity index (χ1) is 5.25. The van der Waals surface area contributed by atoms with Gasteiger partial charge in [-0.1, -0.05) is 0 Å². The lowest BCUT2D eigenvalue weighted by Gasteiger charge is -1.86. The van der Waals surface area contributed by atoms with Gasteiger partial charge in [-0.15, -0.1) is 12.6 Å². The van der Waals surface area contributed by atoms with Crippen LogP contribution in [0.5, 0.6) is 0 Å². The highest BCUT2D eigenvalue weighted by Gasteiger charge is 2.01. The predicted octanol–water partition coefficient (Wildman–Crippen LogP) is 2.77. The molecule has 0 radical (unpaired) electrons. The van der Waals surface area contributed by atoms with Crippen molar-refractivity contribution in [2.45, 2.75) is 4.90 Å². The lowest BCUT2D eigenvalue weighted by Crippen LogP contribution is -1.67. The Morgan fingerprint density at radius 3 is 3.09 bits per heavy atom. The summed E-state index contributed by atoms with van der Waals surface area (Å²) in [6.45, 7) is 0. The van der Waals surface area contributed by atoms with Crippen molar-refractivity contribution >= 4 is 35.3 Å². The van der Waals surface area contributed by atoms with Gasteiger partial charge in [-0.2, -0.15) is 4.98 Å². The van der Waals surface area contributed by atoms with E-state index in [0.29, 0.717) is 5.58 Å². The van der Waals surface area contributed by atoms with E-state index in [1.165, 1.54) is 0 Å². The molecule has 1 aromatic heterocycles. The number of hydrogen-bond donors (Lipinski definition) is 1. The molecule has 0 saturated heterocycles. The highest BCUT2D eigenvalue weighted by molar-refractivity contribution is 7.80. The summed E-state index contributed by atoms with van der Waals surface area (Å²) in [4.78, 5) is 4.77. The number of hydrogen-bond acceptors (Lipinski definition) is 3. The lowest BCUT2D eigenvalue weighted by atomic mass is 10.3. The second kappa shape index (κ2) is 2.43. The normalized spacial score (nSPS) is 10.7. The van der Waals surface area contributed by atoms with E-state index in [2.05, 4.69) is 17.6 Å². The van der Waals surface area contributed by atoms with Crippen molar-refractivity contribution in [3.05, 3.63) is 23.5 Å². The van der Waals surface area contributed by atoms with Crippen molar-refractivity contribution < 1.29 is 4.42 Å². The number of aromatic nitrogens is 1. The Labute approximate surface area is 73.6 Å². The van der Waals surface area contributed by atoms with E-state index in [1.807, 2.05) is 6.07 Å². The van der Waals surface area contributed by atoms with E-state index < -0.39 is 0 Å². The summed E-state index contributed by atoms with van der Waals surface area (Å²) in [6.07, 6.45) is 0. The van der Waals surface area contributed by atoms with Crippen LogP contribution < -0.4 is 0 Å². The SMILES string of the molecule is Sc1ccc2oc(Cl)nc2c1. The zero-order chi connectivity index (χ0) is 7.84. The molecule has 1 heterocycles. The summed E-state index contributed by atoms with van der Waals surface area (Å²) in [5, 5.41) is 0.166. The molecule has 1 aromatic carbocycles. The van der Waals surface area contributed by atoms with Crippen LogP contribution in [0.2, 0.25) is 5.35 Å². The zero-order valence-electron chi connectivity index (χ0n) is 5.41. The minimum absolute atomic E-state index is 0.166. The molecule has 11 heavy (non-hydrogen) atoms. The average molecular weight is 186 g/mol. The maximum Gasteiger partial charge on any atom is 0.293 e. The van der Waals surface area contributed by atoms with Crippen LogP contribution in [0.25, 0.3) is 11.1 Å². The van der Waals surface area contributed by atoms with Gasteiger partial charge in [0.15, 0.2) is 5.58 Å². The molecule has 0 atom stereocenters. The smallest absolute Gasteiger partial charge is 0.293 e. The van der Waals surface area contributed by atoms with Crippen molar-refractivity contribution in [1.82, 2.24) is 4.98 Å². The Kier molecular flexibility index (Phi) is 1.55. The molecule has 2 nitrogen and oxygen atoms in total. The molecule has 0 spiro atoms. The molecule has 0 aliphatic heterocycles.